The summed E-state index contributed by atoms with van der Waals surface area (Å²) in [5.74, 6) is -4.90. The van der Waals surface area contributed by atoms with E-state index in [1.165, 1.54) is 12.3 Å². The number of nitriles is 1. The van der Waals surface area contributed by atoms with Gasteiger partial charge in [-0.2, -0.15) is 5.26 Å². The van der Waals surface area contributed by atoms with Crippen molar-refractivity contribution >= 4 is 40.2 Å². The van der Waals surface area contributed by atoms with Gasteiger partial charge in [0.05, 0.1) is 68.0 Å². The van der Waals surface area contributed by atoms with E-state index in [0.29, 0.717) is 88.3 Å². The third-order valence-electron chi connectivity index (χ3n) is 8.10. The Kier molecular flexibility index (Phi) is 15.3. The summed E-state index contributed by atoms with van der Waals surface area (Å²) in [5.41, 5.74) is 7.00. The molecule has 1 aliphatic rings. The molecule has 4 amide bonds. The topological polar surface area (TPSA) is 219 Å². The molecule has 0 unspecified atom stereocenters. The number of hydrogen-bond acceptors (Lipinski definition) is 11. The number of amides is 4. The smallest absolute Gasteiger partial charge is 0.268 e. The van der Waals surface area contributed by atoms with E-state index in [9.17, 15) is 28.0 Å². The van der Waals surface area contributed by atoms with Crippen LogP contribution in [0, 0.1) is 11.3 Å². The number of aromatic nitrogens is 4. The van der Waals surface area contributed by atoms with Crippen LogP contribution in [0.2, 0.25) is 0 Å². The number of rotatable bonds is 21. The molecule has 280 valence electrons. The minimum absolute atomic E-state index is 0.0402. The molecule has 0 radical (unpaired) electrons. The first-order valence-electron chi connectivity index (χ1n) is 17.1. The summed E-state index contributed by atoms with van der Waals surface area (Å²) < 4.78 is 39.8. The quantitative estimate of drug-likeness (QED) is 0.115. The zero-order valence-corrected chi connectivity index (χ0v) is 28.8. The highest BCUT2D eigenvalue weighted by atomic mass is 19.3. The number of halogens is 2. The lowest BCUT2D eigenvalue weighted by atomic mass is 10.1. The van der Waals surface area contributed by atoms with Crippen LogP contribution in [-0.4, -0.2) is 113 Å². The van der Waals surface area contributed by atoms with Crippen molar-refractivity contribution in [3.8, 4) is 6.07 Å². The van der Waals surface area contributed by atoms with Crippen molar-refractivity contribution in [2.75, 3.05) is 57.9 Å². The van der Waals surface area contributed by atoms with E-state index >= 15 is 0 Å². The Morgan fingerprint density at radius 2 is 1.81 bits per heavy atom. The number of nitrogens with two attached hydrogens (primary N) is 1. The van der Waals surface area contributed by atoms with E-state index in [2.05, 4.69) is 31.2 Å². The molecule has 2 aromatic heterocycles. The summed E-state index contributed by atoms with van der Waals surface area (Å²) in [4.78, 5) is 55.5. The molecule has 3 aromatic rings. The highest BCUT2D eigenvalue weighted by Gasteiger charge is 2.47. The Hall–Kier alpha value is -5.12. The summed E-state index contributed by atoms with van der Waals surface area (Å²) in [6, 6.07) is 6.83. The van der Waals surface area contributed by atoms with Crippen LogP contribution in [0.25, 0.3) is 10.9 Å². The molecule has 1 aromatic carbocycles. The van der Waals surface area contributed by atoms with Crippen molar-refractivity contribution in [3.63, 3.8) is 0 Å². The van der Waals surface area contributed by atoms with E-state index in [4.69, 9.17) is 20.5 Å². The standard InChI is InChI=1S/C34H44F2N10O6/c35-34(36)19-25(20-38)46(23-34)31(49)21-41-33(50)27-10-12-40-32-26(27)6-4-7-28(32)42-30(48)9-3-5-24-22-45(44-43-24)14-2-1-8-29(47)39-13-16-52-18-17-51-15-11-37/h4,6-7,10,12,22,25H,1-3,5,8-9,11,13-19,21,23,37H2,(H,39,47)(H,41,50)(H,42,48)/t25-/m0/s1. The summed E-state index contributed by atoms with van der Waals surface area (Å²) in [5, 5.41) is 26.0. The molecule has 52 heavy (non-hydrogen) atoms. The number of carbonyl (C=O) groups excluding carboxylic acids is 4. The normalized spacial score (nSPS) is 15.0. The largest absolute Gasteiger partial charge is 0.378 e. The van der Waals surface area contributed by atoms with Gasteiger partial charge < -0.3 is 36.1 Å². The second-order valence-electron chi connectivity index (χ2n) is 12.2. The first-order chi connectivity index (χ1) is 25.1. The Morgan fingerprint density at radius 3 is 2.60 bits per heavy atom. The molecule has 1 fully saturated rings. The molecule has 16 nitrogen and oxygen atoms in total. The Balaban J connectivity index is 1.15. The van der Waals surface area contributed by atoms with Crippen molar-refractivity contribution < 1.29 is 37.4 Å². The van der Waals surface area contributed by atoms with Gasteiger partial charge in [0.1, 0.15) is 6.04 Å². The van der Waals surface area contributed by atoms with Crippen molar-refractivity contribution in [2.45, 2.75) is 63.5 Å². The third-order valence-corrected chi connectivity index (χ3v) is 8.10. The lowest BCUT2D eigenvalue weighted by Gasteiger charge is -2.19. The molecule has 4 rings (SSSR count). The van der Waals surface area contributed by atoms with Crippen LogP contribution in [0.1, 0.15) is 54.6 Å². The SMILES string of the molecule is N#C[C@@H]1CC(F)(F)CN1C(=O)CNC(=O)c1ccnc2c(NC(=O)CCCc3cn(CCCCC(=O)NCCOCCOCCN)nn3)cccc12. The highest BCUT2D eigenvalue weighted by Crippen LogP contribution is 2.31. The number of nitrogens with one attached hydrogen (secondary N) is 3. The van der Waals surface area contributed by atoms with Gasteiger partial charge in [-0.05, 0) is 37.8 Å². The van der Waals surface area contributed by atoms with Crippen LogP contribution in [0.5, 0.6) is 0 Å². The molecule has 0 aliphatic carbocycles. The predicted octanol–water partition coefficient (Wildman–Crippen LogP) is 1.56. The monoisotopic (exact) mass is 726 g/mol. The summed E-state index contributed by atoms with van der Waals surface area (Å²) >= 11 is 0. The average Bonchev–Trinajstić information content (AvgIpc) is 3.72. The predicted molar refractivity (Wildman–Crippen MR) is 184 cm³/mol. The number of para-hydroxylation sites is 1. The van der Waals surface area contributed by atoms with Crippen LogP contribution < -0.4 is 21.7 Å². The van der Waals surface area contributed by atoms with E-state index in [1.54, 1.807) is 29.0 Å². The van der Waals surface area contributed by atoms with Crippen LogP contribution in [0.3, 0.4) is 0 Å². The number of alkyl halides is 2. The lowest BCUT2D eigenvalue weighted by Crippen LogP contribution is -2.43. The maximum absolute atomic E-state index is 13.7. The minimum Gasteiger partial charge on any atom is -0.378 e. The zero-order valence-electron chi connectivity index (χ0n) is 28.8. The van der Waals surface area contributed by atoms with E-state index < -0.39 is 43.3 Å². The summed E-state index contributed by atoms with van der Waals surface area (Å²) in [7, 11) is 0. The van der Waals surface area contributed by atoms with Crippen LogP contribution in [0.15, 0.2) is 36.7 Å². The summed E-state index contributed by atoms with van der Waals surface area (Å²) in [6.07, 6.45) is 5.52. The second kappa shape index (κ2) is 20.1. The number of carbonyl (C=O) groups is 4. The molecule has 0 spiro atoms. The molecule has 1 saturated heterocycles. The summed E-state index contributed by atoms with van der Waals surface area (Å²) in [6.45, 7) is 1.90. The first-order valence-corrected chi connectivity index (χ1v) is 17.1. The number of nitrogens with zero attached hydrogens (tertiary/aromatic N) is 6. The van der Waals surface area contributed by atoms with Crippen LogP contribution >= 0.6 is 0 Å². The maximum Gasteiger partial charge on any atom is 0.268 e. The molecule has 0 bridgehead atoms. The number of fused-ring (bicyclic) bond motifs is 1. The first kappa shape index (κ1) is 39.7. The molecule has 1 aliphatic heterocycles. The fourth-order valence-corrected chi connectivity index (χ4v) is 5.54. The van der Waals surface area contributed by atoms with Crippen LogP contribution in [0.4, 0.5) is 14.5 Å². The van der Waals surface area contributed by atoms with E-state index in [-0.39, 0.29) is 23.8 Å². The van der Waals surface area contributed by atoms with Crippen LogP contribution in [-0.2, 0) is 36.8 Å². The zero-order chi connectivity index (χ0) is 37.3. The van der Waals surface area contributed by atoms with Crippen molar-refractivity contribution in [1.82, 2.24) is 35.5 Å². The molecule has 5 N–H and O–H groups in total. The van der Waals surface area contributed by atoms with E-state index in [0.717, 1.165) is 17.0 Å². The molecular formula is C34H44F2N10O6. The number of hydrogen-bond donors (Lipinski definition) is 4. The van der Waals surface area contributed by atoms with Gasteiger partial charge in [-0.25, -0.2) is 8.78 Å². The van der Waals surface area contributed by atoms with Gasteiger partial charge in [0.15, 0.2) is 0 Å². The lowest BCUT2D eigenvalue weighted by molar-refractivity contribution is -0.131. The number of pyridine rings is 1. The van der Waals surface area contributed by atoms with Gasteiger partial charge in [-0.1, -0.05) is 17.3 Å². The number of anilines is 1. The third kappa shape index (κ3) is 12.3. The van der Waals surface area contributed by atoms with Crippen molar-refractivity contribution in [1.29, 1.82) is 5.26 Å². The highest BCUT2D eigenvalue weighted by molar-refractivity contribution is 6.10. The maximum atomic E-state index is 13.7. The number of unbranched alkanes of at least 4 members (excludes halogenated alkanes) is 1. The van der Waals surface area contributed by atoms with Gasteiger partial charge >= 0.3 is 0 Å². The van der Waals surface area contributed by atoms with Gasteiger partial charge in [0.25, 0.3) is 11.8 Å². The molecule has 3 heterocycles. The van der Waals surface area contributed by atoms with Gasteiger partial charge in [0.2, 0.25) is 17.7 Å². The number of aryl methyl sites for hydroxylation is 2. The second-order valence-corrected chi connectivity index (χ2v) is 12.2. The van der Waals surface area contributed by atoms with Gasteiger partial charge in [-0.3, -0.25) is 28.8 Å². The Bertz CT molecular complexity index is 1720. The molecule has 1 atom stereocenters. The van der Waals surface area contributed by atoms with Gasteiger partial charge in [-0.15, -0.1) is 5.10 Å². The number of ether oxygens (including phenoxy) is 2. The molecule has 18 heteroatoms. The van der Waals surface area contributed by atoms with Crippen molar-refractivity contribution in [2.24, 2.45) is 5.73 Å². The number of likely N-dealkylation sites (tertiary alicyclic amines) is 1. The Labute approximate surface area is 299 Å². The minimum atomic E-state index is -3.16. The molecular weight excluding hydrogens is 682 g/mol. The molecule has 0 saturated carbocycles. The average molecular weight is 727 g/mol. The Morgan fingerprint density at radius 1 is 1.02 bits per heavy atom. The van der Waals surface area contributed by atoms with Crippen molar-refractivity contribution in [3.05, 3.63) is 47.9 Å². The van der Waals surface area contributed by atoms with E-state index in [1.807, 2.05) is 6.20 Å². The fourth-order valence-electron chi connectivity index (χ4n) is 5.54. The van der Waals surface area contributed by atoms with Gasteiger partial charge in [0, 0.05) is 56.7 Å². The fraction of sp³-hybridized carbons (Fsp3) is 0.529. The number of benzene rings is 1.